The highest BCUT2D eigenvalue weighted by Crippen LogP contribution is 2.42. The average Bonchev–Trinajstić information content (AvgIpc) is 1.36. The fourth-order valence-corrected chi connectivity index (χ4v) is 15.6. The Morgan fingerprint density at radius 1 is 0.837 bits per heavy atom. The first-order chi connectivity index (χ1) is 47.3. The highest BCUT2D eigenvalue weighted by atomic mass is 32.1. The van der Waals surface area contributed by atoms with Crippen molar-refractivity contribution in [1.29, 1.82) is 0 Å². The van der Waals surface area contributed by atoms with Crippen LogP contribution in [-0.4, -0.2) is 163 Å². The van der Waals surface area contributed by atoms with E-state index in [2.05, 4.69) is 62.7 Å². The SMILES string of the molecule is Cc1ncsc1-c1ccc(CNC(=O)[C@@H]2C[C@@H](O)CN2C(=O)[C@@H](NC(=O)C2(F)CC2)C(C)(C)C)c(OCCCCCCCCCCCCN2CCN(CC#Cc3ccc(OCCCc4sc(N5CCCc6c5nnc(Nc5nc7ccccc7s5)c6C)nc4C(=O)O)c(F)c3)CC2)c1. The number of halogens is 2. The van der Waals surface area contributed by atoms with E-state index >= 15 is 4.39 Å². The van der Waals surface area contributed by atoms with Crippen molar-refractivity contribution in [2.24, 2.45) is 5.41 Å². The molecule has 25 heteroatoms. The number of likely N-dealkylation sites (tertiary alicyclic amines) is 1. The number of carbonyl (C=O) groups excluding carboxylic acids is 3. The number of carboxylic acid groups (broad SMARTS) is 1. The molecule has 1 aliphatic carbocycles. The van der Waals surface area contributed by atoms with Crippen molar-refractivity contribution < 1.29 is 47.6 Å². The molecule has 3 amide bonds. The van der Waals surface area contributed by atoms with Gasteiger partial charge in [-0.25, -0.2) is 28.5 Å². The number of β-amino-alcohol motifs (C(OH)–C–C–N with tert-alkyl or cyclic N) is 1. The van der Waals surface area contributed by atoms with E-state index in [4.69, 9.17) is 9.47 Å². The monoisotopic (exact) mass is 1400 g/mol. The molecule has 11 rings (SSSR count). The minimum absolute atomic E-state index is 0.00158. The Morgan fingerprint density at radius 3 is 2.28 bits per heavy atom. The zero-order valence-corrected chi connectivity index (χ0v) is 59.2. The molecular formula is C73H90F2N12O8S3. The second kappa shape index (κ2) is 33.0. The Bertz CT molecular complexity index is 3970. The number of aryl methyl sites for hydroxylation is 2. The van der Waals surface area contributed by atoms with Gasteiger partial charge in [0, 0.05) is 79.4 Å². The van der Waals surface area contributed by atoms with E-state index in [1.54, 1.807) is 55.6 Å². The molecule has 0 spiro atoms. The fraction of sp³-hybridized carbons (Fsp3) is 0.521. The number of nitrogens with one attached hydrogen (secondary N) is 3. The lowest BCUT2D eigenvalue weighted by Crippen LogP contribution is -2.59. The number of benzene rings is 3. The topological polar surface area (TPSA) is 241 Å². The summed E-state index contributed by atoms with van der Waals surface area (Å²) in [5.41, 5.74) is 5.23. The molecule has 3 aromatic carbocycles. The number of aliphatic hydroxyl groups excluding tert-OH is 1. The molecule has 4 aromatic heterocycles. The van der Waals surface area contributed by atoms with Crippen molar-refractivity contribution in [3.63, 3.8) is 0 Å². The van der Waals surface area contributed by atoms with E-state index < -0.39 is 58.8 Å². The Morgan fingerprint density at radius 2 is 1.56 bits per heavy atom. The second-order valence-electron chi connectivity index (χ2n) is 27.3. The standard InChI is InChI=1S/C73H90F2N12O8S3/c1-47-53-22-19-34-86(65(53)83-82-64(47)81-70-78-55-23-14-15-24-59(55)97-70)71-79-61(68(91)92)60(98-71)25-20-40-94-57-29-26-49(41-54(57)74)21-18-33-85-37-35-84(36-38-85)32-16-12-10-8-6-7-9-11-13-17-39-95-58-42-50(62-48(2)77-46-96-62)27-28-51(58)44-76-66(89)56-43-52(88)45-87(56)67(90)63(72(3,4)5)80-69(93)73(75)30-31-73/h14-15,23-24,26-29,41-42,46,52,56,63,88H,6-13,16-17,19-20,22,25,30-40,43-45H2,1-5H3,(H,76,89)(H,80,93)(H,91,92)(H,78,81,82)/t52-,56+,63-/m1/s1. The summed E-state index contributed by atoms with van der Waals surface area (Å²) in [7, 11) is 0. The second-order valence-corrected chi connectivity index (χ2v) is 30.2. The average molecular weight is 1400 g/mol. The van der Waals surface area contributed by atoms with Crippen LogP contribution in [0.4, 0.5) is 30.7 Å². The summed E-state index contributed by atoms with van der Waals surface area (Å²) in [5, 5.41) is 40.2. The molecule has 20 nitrogen and oxygen atoms in total. The van der Waals surface area contributed by atoms with Crippen LogP contribution in [0.25, 0.3) is 20.7 Å². The first kappa shape index (κ1) is 71.6. The third-order valence-corrected chi connectivity index (χ3v) is 21.8. The van der Waals surface area contributed by atoms with Crippen LogP contribution in [0.2, 0.25) is 0 Å². The molecule has 3 fully saturated rings. The van der Waals surface area contributed by atoms with Crippen LogP contribution >= 0.6 is 34.0 Å². The van der Waals surface area contributed by atoms with Crippen LogP contribution in [0.5, 0.6) is 11.5 Å². The van der Waals surface area contributed by atoms with Crippen LogP contribution in [0.15, 0.2) is 66.2 Å². The summed E-state index contributed by atoms with van der Waals surface area (Å²) in [4.78, 5) is 76.5. The van der Waals surface area contributed by atoms with Gasteiger partial charge >= 0.3 is 5.97 Å². The summed E-state index contributed by atoms with van der Waals surface area (Å²) >= 11 is 4.43. The molecule has 0 bridgehead atoms. The molecule has 3 aliphatic heterocycles. The summed E-state index contributed by atoms with van der Waals surface area (Å²) < 4.78 is 43.3. The highest BCUT2D eigenvalue weighted by molar-refractivity contribution is 7.22. The predicted octanol–water partition coefficient (Wildman–Crippen LogP) is 12.5. The predicted molar refractivity (Wildman–Crippen MR) is 380 cm³/mol. The summed E-state index contributed by atoms with van der Waals surface area (Å²) in [6.07, 6.45) is 13.4. The van der Waals surface area contributed by atoms with E-state index in [1.165, 1.54) is 67.2 Å². The Labute approximate surface area is 584 Å². The molecule has 7 heterocycles. The van der Waals surface area contributed by atoms with Gasteiger partial charge in [-0.05, 0) is 119 Å². The van der Waals surface area contributed by atoms with Crippen LogP contribution in [0.1, 0.15) is 160 Å². The number of para-hydroxylation sites is 1. The van der Waals surface area contributed by atoms with E-state index in [0.717, 1.165) is 113 Å². The van der Waals surface area contributed by atoms with Crippen molar-refractivity contribution in [1.82, 2.24) is 50.5 Å². The molecule has 5 N–H and O–H groups in total. The number of anilines is 4. The van der Waals surface area contributed by atoms with Gasteiger partial charge in [0.05, 0.1) is 52.2 Å². The first-order valence-corrected chi connectivity index (χ1v) is 37.1. The van der Waals surface area contributed by atoms with Gasteiger partial charge in [-0.1, -0.05) is 120 Å². The normalized spacial score (nSPS) is 17.3. The number of aromatic carboxylic acids is 1. The quantitative estimate of drug-likeness (QED) is 0.0200. The number of alkyl halides is 1. The maximum absolute atomic E-state index is 15.3. The van der Waals surface area contributed by atoms with Gasteiger partial charge in [0.15, 0.2) is 44.8 Å². The third-order valence-electron chi connectivity index (χ3n) is 18.8. The minimum Gasteiger partial charge on any atom is -0.493 e. The lowest BCUT2D eigenvalue weighted by Gasteiger charge is -2.35. The van der Waals surface area contributed by atoms with Crippen LogP contribution in [0, 0.1) is 36.9 Å². The number of hydrogen-bond acceptors (Lipinski definition) is 19. The number of aromatic nitrogens is 5. The molecule has 2 saturated heterocycles. The van der Waals surface area contributed by atoms with Crippen LogP contribution in [0.3, 0.4) is 0 Å². The molecule has 98 heavy (non-hydrogen) atoms. The highest BCUT2D eigenvalue weighted by Gasteiger charge is 2.53. The molecule has 0 radical (unpaired) electrons. The minimum atomic E-state index is -1.97. The Hall–Kier alpha value is -7.73. The van der Waals surface area contributed by atoms with E-state index in [0.29, 0.717) is 65.5 Å². The number of amides is 3. The number of carbonyl (C=O) groups is 4. The van der Waals surface area contributed by atoms with Gasteiger partial charge in [-0.2, -0.15) is 0 Å². The molecule has 7 aromatic rings. The number of fused-ring (bicyclic) bond motifs is 2. The van der Waals surface area contributed by atoms with Gasteiger partial charge < -0.3 is 50.3 Å². The number of hydrogen-bond donors (Lipinski definition) is 5. The van der Waals surface area contributed by atoms with Crippen molar-refractivity contribution in [2.45, 2.75) is 174 Å². The van der Waals surface area contributed by atoms with E-state index in [-0.39, 0.29) is 50.4 Å². The number of nitrogens with zero attached hydrogens (tertiary/aromatic N) is 9. The van der Waals surface area contributed by atoms with Gasteiger partial charge in [-0.15, -0.1) is 32.9 Å². The van der Waals surface area contributed by atoms with Gasteiger partial charge in [-0.3, -0.25) is 19.3 Å². The van der Waals surface area contributed by atoms with Gasteiger partial charge in [0.25, 0.3) is 5.91 Å². The summed E-state index contributed by atoms with van der Waals surface area (Å²) in [6, 6.07) is 16.6. The number of aliphatic hydroxyl groups is 1. The van der Waals surface area contributed by atoms with Crippen LogP contribution in [-0.2, 0) is 33.8 Å². The maximum Gasteiger partial charge on any atom is 0.355 e. The molecular weight excluding hydrogens is 1310 g/mol. The molecule has 522 valence electrons. The maximum atomic E-state index is 15.3. The summed E-state index contributed by atoms with van der Waals surface area (Å²) in [5.74, 6) is 5.09. The van der Waals surface area contributed by atoms with Crippen molar-refractivity contribution in [3.8, 4) is 33.8 Å². The number of piperazine rings is 1. The number of thiazole rings is 3. The lowest BCUT2D eigenvalue weighted by atomic mass is 9.85. The zero-order valence-electron chi connectivity index (χ0n) is 56.7. The molecule has 1 saturated carbocycles. The van der Waals surface area contributed by atoms with Crippen molar-refractivity contribution in [2.75, 3.05) is 75.8 Å². The third kappa shape index (κ3) is 18.4. The van der Waals surface area contributed by atoms with Gasteiger partial charge in [0.1, 0.15) is 17.8 Å². The largest absolute Gasteiger partial charge is 0.493 e. The smallest absolute Gasteiger partial charge is 0.355 e. The van der Waals surface area contributed by atoms with Crippen molar-refractivity contribution >= 4 is 89.8 Å². The van der Waals surface area contributed by atoms with Crippen molar-refractivity contribution in [3.05, 3.63) is 111 Å². The van der Waals surface area contributed by atoms with E-state index in [1.807, 2.05) is 66.7 Å². The zero-order chi connectivity index (χ0) is 68.9. The molecule has 3 atom stereocenters. The number of rotatable bonds is 31. The first-order valence-electron chi connectivity index (χ1n) is 34.6. The Balaban J connectivity index is 0.536. The lowest BCUT2D eigenvalue weighted by molar-refractivity contribution is -0.145. The Kier molecular flexibility index (Phi) is 24.1. The van der Waals surface area contributed by atoms with E-state index in [9.17, 15) is 33.8 Å². The number of carboxylic acids is 1. The summed E-state index contributed by atoms with van der Waals surface area (Å²) in [6.45, 7) is 16.3. The molecule has 4 aliphatic rings. The number of ether oxygens (including phenoxy) is 2. The van der Waals surface area contributed by atoms with Crippen LogP contribution < -0.4 is 30.3 Å². The molecule has 0 unspecified atom stereocenters. The fourth-order valence-electron chi connectivity index (χ4n) is 12.8. The van der Waals surface area contributed by atoms with Gasteiger partial charge in [0.2, 0.25) is 11.8 Å². The number of unbranched alkanes of at least 4 members (excludes halogenated alkanes) is 9.